The second-order valence-electron chi connectivity index (χ2n) is 10.2. The Bertz CT molecular complexity index is 1450. The van der Waals surface area contributed by atoms with Gasteiger partial charge in [0, 0.05) is 38.2 Å². The third kappa shape index (κ3) is 8.59. The third-order valence-corrected chi connectivity index (χ3v) is 9.72. The van der Waals surface area contributed by atoms with Gasteiger partial charge in [0.15, 0.2) is 0 Å². The summed E-state index contributed by atoms with van der Waals surface area (Å²) in [7, 11) is -3.84. The monoisotopic (exact) mass is 727 g/mol. The number of anilines is 1. The van der Waals surface area contributed by atoms with E-state index in [0.717, 1.165) is 45.4 Å². The topological polar surface area (TPSA) is 86.8 Å². The first-order valence-electron chi connectivity index (χ1n) is 13.3. The quantitative estimate of drug-likeness (QED) is 0.244. The van der Waals surface area contributed by atoms with E-state index in [4.69, 9.17) is 23.2 Å². The average Bonchev–Trinajstić information content (AvgIpc) is 3.44. The fraction of sp³-hybridized carbons (Fsp3) is 0.333. The molecule has 0 aliphatic heterocycles. The number of nitrogens with zero attached hydrogens (tertiary/aromatic N) is 2. The van der Waals surface area contributed by atoms with Gasteiger partial charge in [-0.2, -0.15) is 0 Å². The Morgan fingerprint density at radius 1 is 0.951 bits per heavy atom. The Morgan fingerprint density at radius 2 is 1.56 bits per heavy atom. The van der Waals surface area contributed by atoms with E-state index < -0.39 is 28.5 Å². The average molecular weight is 728 g/mol. The van der Waals surface area contributed by atoms with Crippen molar-refractivity contribution in [2.45, 2.75) is 50.7 Å². The minimum Gasteiger partial charge on any atom is -0.352 e. The standard InChI is InChI=1S/C30H32Cl2IN3O4S/c1-41(39,40)36(24-16-14-22(33)15-17-24)20-29(37)35(19-25-26(31)12-7-13-27(25)32)28(18-21-8-3-2-4-9-21)30(38)34-23-10-5-6-11-23/h2-4,7-9,12-17,23,28H,5-6,10-11,18-20H2,1H3,(H,34,38)/t28-/m0/s1. The summed E-state index contributed by atoms with van der Waals surface area (Å²) in [6, 6.07) is 20.4. The molecule has 1 fully saturated rings. The summed E-state index contributed by atoms with van der Waals surface area (Å²) in [5.41, 5.74) is 1.70. The van der Waals surface area contributed by atoms with Gasteiger partial charge < -0.3 is 10.2 Å². The fourth-order valence-electron chi connectivity index (χ4n) is 5.00. The van der Waals surface area contributed by atoms with E-state index in [-0.39, 0.29) is 24.9 Å². The number of hydrogen-bond donors (Lipinski definition) is 1. The van der Waals surface area contributed by atoms with Gasteiger partial charge in [-0.15, -0.1) is 0 Å². The zero-order valence-electron chi connectivity index (χ0n) is 22.6. The number of hydrogen-bond acceptors (Lipinski definition) is 4. The number of carbonyl (C=O) groups is 2. The van der Waals surface area contributed by atoms with Gasteiger partial charge in [-0.1, -0.05) is 72.4 Å². The Hall–Kier alpha value is -2.34. The van der Waals surface area contributed by atoms with Crippen LogP contribution in [-0.2, 0) is 32.6 Å². The molecule has 1 atom stereocenters. The molecule has 0 bridgehead atoms. The lowest BCUT2D eigenvalue weighted by atomic mass is 10.0. The Morgan fingerprint density at radius 3 is 2.15 bits per heavy atom. The molecule has 2 amide bonds. The molecule has 0 heterocycles. The van der Waals surface area contributed by atoms with Gasteiger partial charge in [-0.05, 0) is 77.4 Å². The molecule has 7 nitrogen and oxygen atoms in total. The molecule has 41 heavy (non-hydrogen) atoms. The number of amides is 2. The van der Waals surface area contributed by atoms with Crippen molar-refractivity contribution in [2.75, 3.05) is 17.1 Å². The lowest BCUT2D eigenvalue weighted by molar-refractivity contribution is -0.140. The van der Waals surface area contributed by atoms with Gasteiger partial charge in [0.05, 0.1) is 11.9 Å². The number of benzene rings is 3. The van der Waals surface area contributed by atoms with Crippen molar-refractivity contribution in [3.05, 3.63) is 97.5 Å². The van der Waals surface area contributed by atoms with Crippen molar-refractivity contribution >= 4 is 73.3 Å². The van der Waals surface area contributed by atoms with Crippen LogP contribution in [-0.4, -0.2) is 50.0 Å². The molecule has 4 rings (SSSR count). The van der Waals surface area contributed by atoms with Gasteiger partial charge in [-0.25, -0.2) is 8.42 Å². The molecule has 0 saturated heterocycles. The summed E-state index contributed by atoms with van der Waals surface area (Å²) < 4.78 is 27.8. The van der Waals surface area contributed by atoms with Gasteiger partial charge in [0.1, 0.15) is 12.6 Å². The molecule has 11 heteroatoms. The van der Waals surface area contributed by atoms with Crippen LogP contribution in [0.3, 0.4) is 0 Å². The first kappa shape index (κ1) is 31.6. The minimum absolute atomic E-state index is 0.0286. The minimum atomic E-state index is -3.84. The summed E-state index contributed by atoms with van der Waals surface area (Å²) in [6.07, 6.45) is 5.11. The molecule has 1 saturated carbocycles. The van der Waals surface area contributed by atoms with Gasteiger partial charge >= 0.3 is 0 Å². The van der Waals surface area contributed by atoms with Crippen LogP contribution in [0.2, 0.25) is 10.0 Å². The molecule has 1 aliphatic carbocycles. The van der Waals surface area contributed by atoms with Crippen molar-refractivity contribution in [2.24, 2.45) is 0 Å². The normalized spacial score (nSPS) is 14.4. The van der Waals surface area contributed by atoms with Crippen LogP contribution in [0, 0.1) is 3.57 Å². The van der Waals surface area contributed by atoms with Crippen molar-refractivity contribution in [1.29, 1.82) is 0 Å². The highest BCUT2D eigenvalue weighted by molar-refractivity contribution is 14.1. The summed E-state index contributed by atoms with van der Waals surface area (Å²) in [5.74, 6) is -0.843. The summed E-state index contributed by atoms with van der Waals surface area (Å²) >= 11 is 15.2. The van der Waals surface area contributed by atoms with E-state index in [1.165, 1.54) is 4.90 Å². The van der Waals surface area contributed by atoms with E-state index in [9.17, 15) is 18.0 Å². The van der Waals surface area contributed by atoms with Crippen molar-refractivity contribution in [3.63, 3.8) is 0 Å². The van der Waals surface area contributed by atoms with Crippen LogP contribution in [0.15, 0.2) is 72.8 Å². The molecule has 3 aromatic rings. The van der Waals surface area contributed by atoms with E-state index in [2.05, 4.69) is 27.9 Å². The first-order chi connectivity index (χ1) is 19.5. The van der Waals surface area contributed by atoms with Gasteiger partial charge in [-0.3, -0.25) is 13.9 Å². The maximum atomic E-state index is 14.2. The van der Waals surface area contributed by atoms with Crippen molar-refractivity contribution in [3.8, 4) is 0 Å². The molecule has 0 unspecified atom stereocenters. The molecule has 218 valence electrons. The highest BCUT2D eigenvalue weighted by Gasteiger charge is 2.35. The molecule has 0 radical (unpaired) electrons. The van der Waals surface area contributed by atoms with Crippen molar-refractivity contribution < 1.29 is 18.0 Å². The van der Waals surface area contributed by atoms with Gasteiger partial charge in [0.2, 0.25) is 21.8 Å². The van der Waals surface area contributed by atoms with Crippen molar-refractivity contribution in [1.82, 2.24) is 10.2 Å². The lowest BCUT2D eigenvalue weighted by Gasteiger charge is -2.34. The predicted octanol–water partition coefficient (Wildman–Crippen LogP) is 6.06. The fourth-order valence-corrected chi connectivity index (χ4v) is 6.72. The summed E-state index contributed by atoms with van der Waals surface area (Å²) in [6.45, 7) is -0.569. The number of nitrogens with one attached hydrogen (secondary N) is 1. The second kappa shape index (κ2) is 14.2. The molecule has 1 N–H and O–H groups in total. The zero-order valence-corrected chi connectivity index (χ0v) is 27.1. The van der Waals surface area contributed by atoms with Gasteiger partial charge in [0.25, 0.3) is 0 Å². The second-order valence-corrected chi connectivity index (χ2v) is 14.1. The number of carbonyl (C=O) groups excluding carboxylic acids is 2. The lowest BCUT2D eigenvalue weighted by Crippen LogP contribution is -2.54. The predicted molar refractivity (Wildman–Crippen MR) is 173 cm³/mol. The Labute approximate surface area is 265 Å². The smallest absolute Gasteiger partial charge is 0.244 e. The largest absolute Gasteiger partial charge is 0.352 e. The molecule has 0 aromatic heterocycles. The molecular weight excluding hydrogens is 696 g/mol. The number of halogens is 3. The van der Waals surface area contributed by atoms with E-state index in [0.29, 0.717) is 21.3 Å². The van der Waals surface area contributed by atoms with Crippen LogP contribution in [0.5, 0.6) is 0 Å². The summed E-state index contributed by atoms with van der Waals surface area (Å²) in [4.78, 5) is 29.5. The zero-order chi connectivity index (χ0) is 29.6. The maximum Gasteiger partial charge on any atom is 0.244 e. The molecule has 1 aliphatic rings. The SMILES string of the molecule is CS(=O)(=O)N(CC(=O)N(Cc1c(Cl)cccc1Cl)[C@@H](Cc1ccccc1)C(=O)NC1CCCC1)c1ccc(I)cc1. The van der Waals surface area contributed by atoms with E-state index >= 15 is 0 Å². The third-order valence-electron chi connectivity index (χ3n) is 7.16. The van der Waals surface area contributed by atoms with E-state index in [1.807, 2.05) is 30.3 Å². The van der Waals surface area contributed by atoms with Crippen LogP contribution >= 0.6 is 45.8 Å². The van der Waals surface area contributed by atoms with Crippen LogP contribution in [0.4, 0.5) is 5.69 Å². The highest BCUT2D eigenvalue weighted by atomic mass is 127. The molecule has 3 aromatic carbocycles. The Kier molecular flexibility index (Phi) is 11.0. The van der Waals surface area contributed by atoms with Crippen LogP contribution < -0.4 is 9.62 Å². The molecular formula is C30H32Cl2IN3O4S. The van der Waals surface area contributed by atoms with Crippen LogP contribution in [0.1, 0.15) is 36.8 Å². The highest BCUT2D eigenvalue weighted by Crippen LogP contribution is 2.28. The number of sulfonamides is 1. The van der Waals surface area contributed by atoms with Crippen LogP contribution in [0.25, 0.3) is 0 Å². The first-order valence-corrected chi connectivity index (χ1v) is 17.0. The van der Waals surface area contributed by atoms with E-state index in [1.54, 1.807) is 42.5 Å². The molecule has 0 spiro atoms. The Balaban J connectivity index is 1.75. The maximum absolute atomic E-state index is 14.2. The summed E-state index contributed by atoms with van der Waals surface area (Å²) in [5, 5.41) is 3.84. The number of rotatable bonds is 11.